The topological polar surface area (TPSA) is 57.6 Å². The van der Waals surface area contributed by atoms with Crippen molar-refractivity contribution in [2.75, 3.05) is 13.6 Å². The highest BCUT2D eigenvalue weighted by Gasteiger charge is 2.38. The van der Waals surface area contributed by atoms with Crippen molar-refractivity contribution in [1.29, 1.82) is 0 Å². The molecule has 98 valence electrons. The van der Waals surface area contributed by atoms with Gasteiger partial charge in [-0.1, -0.05) is 13.8 Å². The van der Waals surface area contributed by atoms with Crippen LogP contribution in [-0.4, -0.2) is 35.5 Å². The molecule has 0 aromatic rings. The SMILES string of the molecule is CCC(CC)(CC(=O)N(C)CC1CC1)C(=O)O. The second-order valence-corrected chi connectivity index (χ2v) is 5.19. The average Bonchev–Trinajstić information content (AvgIpc) is 3.09. The molecule has 0 aromatic heterocycles. The lowest BCUT2D eigenvalue weighted by Crippen LogP contribution is -2.38. The van der Waals surface area contributed by atoms with E-state index in [4.69, 9.17) is 0 Å². The number of aliphatic carboxylic acids is 1. The Kier molecular flexibility index (Phi) is 4.54. The van der Waals surface area contributed by atoms with E-state index in [1.54, 1.807) is 11.9 Å². The van der Waals surface area contributed by atoms with Crippen molar-refractivity contribution in [2.45, 2.75) is 46.0 Å². The van der Waals surface area contributed by atoms with Gasteiger partial charge in [0.1, 0.15) is 0 Å². The van der Waals surface area contributed by atoms with E-state index in [-0.39, 0.29) is 12.3 Å². The second kappa shape index (κ2) is 5.52. The van der Waals surface area contributed by atoms with Gasteiger partial charge in [0.2, 0.25) is 5.91 Å². The molecule has 17 heavy (non-hydrogen) atoms. The third kappa shape index (κ3) is 3.45. The standard InChI is InChI=1S/C13H23NO3/c1-4-13(5-2,12(16)17)8-11(15)14(3)9-10-6-7-10/h10H,4-9H2,1-3H3,(H,16,17). The molecule has 1 aliphatic carbocycles. The number of carbonyl (C=O) groups is 2. The quantitative estimate of drug-likeness (QED) is 0.743. The minimum atomic E-state index is -0.880. The molecule has 0 aliphatic heterocycles. The smallest absolute Gasteiger partial charge is 0.310 e. The van der Waals surface area contributed by atoms with Gasteiger partial charge in [-0.3, -0.25) is 9.59 Å². The first-order valence-corrected chi connectivity index (χ1v) is 6.42. The molecule has 0 unspecified atom stereocenters. The monoisotopic (exact) mass is 241 g/mol. The largest absolute Gasteiger partial charge is 0.481 e. The first kappa shape index (κ1) is 14.0. The van der Waals surface area contributed by atoms with Crippen molar-refractivity contribution < 1.29 is 14.7 Å². The number of carbonyl (C=O) groups excluding carboxylic acids is 1. The summed E-state index contributed by atoms with van der Waals surface area (Å²) in [6.45, 7) is 4.46. The van der Waals surface area contributed by atoms with E-state index >= 15 is 0 Å². The van der Waals surface area contributed by atoms with E-state index in [9.17, 15) is 14.7 Å². The molecule has 1 amide bonds. The number of hydrogen-bond acceptors (Lipinski definition) is 2. The van der Waals surface area contributed by atoms with Gasteiger partial charge < -0.3 is 10.0 Å². The van der Waals surface area contributed by atoms with Gasteiger partial charge in [0.05, 0.1) is 5.41 Å². The van der Waals surface area contributed by atoms with Crippen LogP contribution in [0.3, 0.4) is 0 Å². The molecular formula is C13H23NO3. The first-order chi connectivity index (χ1) is 7.95. The van der Waals surface area contributed by atoms with Gasteiger partial charge in [-0.05, 0) is 31.6 Å². The first-order valence-electron chi connectivity index (χ1n) is 6.42. The summed E-state index contributed by atoms with van der Waals surface area (Å²) in [6.07, 6.45) is 3.52. The predicted octanol–water partition coefficient (Wildman–Crippen LogP) is 2.14. The molecule has 1 N–H and O–H groups in total. The highest BCUT2D eigenvalue weighted by Crippen LogP contribution is 2.33. The van der Waals surface area contributed by atoms with Crippen molar-refractivity contribution >= 4 is 11.9 Å². The number of carboxylic acids is 1. The summed E-state index contributed by atoms with van der Waals surface area (Å²) in [6, 6.07) is 0. The summed E-state index contributed by atoms with van der Waals surface area (Å²) in [4.78, 5) is 25.0. The van der Waals surface area contributed by atoms with Crippen LogP contribution in [-0.2, 0) is 9.59 Å². The highest BCUT2D eigenvalue weighted by atomic mass is 16.4. The van der Waals surface area contributed by atoms with Gasteiger partial charge in [-0.15, -0.1) is 0 Å². The number of amides is 1. The molecule has 1 saturated carbocycles. The molecule has 1 rings (SSSR count). The van der Waals surface area contributed by atoms with E-state index in [1.807, 2.05) is 13.8 Å². The Morgan fingerprint density at radius 3 is 2.18 bits per heavy atom. The molecule has 0 aromatic carbocycles. The van der Waals surface area contributed by atoms with Crippen LogP contribution in [0.1, 0.15) is 46.0 Å². The fourth-order valence-corrected chi connectivity index (χ4v) is 2.09. The van der Waals surface area contributed by atoms with E-state index in [1.165, 1.54) is 12.8 Å². The van der Waals surface area contributed by atoms with Gasteiger partial charge in [-0.25, -0.2) is 0 Å². The number of carboxylic acid groups (broad SMARTS) is 1. The molecule has 0 saturated heterocycles. The van der Waals surface area contributed by atoms with Crippen LogP contribution < -0.4 is 0 Å². The highest BCUT2D eigenvalue weighted by molar-refractivity contribution is 5.84. The number of rotatable bonds is 7. The Bertz CT molecular complexity index is 293. The van der Waals surface area contributed by atoms with Gasteiger partial charge >= 0.3 is 5.97 Å². The molecule has 4 nitrogen and oxygen atoms in total. The minimum absolute atomic E-state index is 0.0389. The summed E-state index contributed by atoms with van der Waals surface area (Å²) < 4.78 is 0. The fourth-order valence-electron chi connectivity index (χ4n) is 2.09. The zero-order valence-corrected chi connectivity index (χ0v) is 11.0. The molecule has 0 radical (unpaired) electrons. The maximum Gasteiger partial charge on any atom is 0.310 e. The van der Waals surface area contributed by atoms with Gasteiger partial charge in [0.15, 0.2) is 0 Å². The van der Waals surface area contributed by atoms with Crippen molar-refractivity contribution in [2.24, 2.45) is 11.3 Å². The normalized spacial score (nSPS) is 15.7. The van der Waals surface area contributed by atoms with E-state index in [0.717, 1.165) is 6.54 Å². The lowest BCUT2D eigenvalue weighted by Gasteiger charge is -2.28. The van der Waals surface area contributed by atoms with Crippen LogP contribution in [0.15, 0.2) is 0 Å². The molecule has 0 bridgehead atoms. The molecule has 0 atom stereocenters. The maximum absolute atomic E-state index is 12.0. The Hall–Kier alpha value is -1.06. The zero-order valence-electron chi connectivity index (χ0n) is 11.0. The lowest BCUT2D eigenvalue weighted by atomic mass is 9.79. The summed E-state index contributed by atoms with van der Waals surface area (Å²) in [5.41, 5.74) is -0.880. The van der Waals surface area contributed by atoms with Gasteiger partial charge in [0, 0.05) is 20.0 Å². The summed E-state index contributed by atoms with van der Waals surface area (Å²) >= 11 is 0. The Labute approximate surface area is 103 Å². The molecular weight excluding hydrogens is 218 g/mol. The predicted molar refractivity (Wildman–Crippen MR) is 65.6 cm³/mol. The zero-order chi connectivity index (χ0) is 13.1. The Morgan fingerprint density at radius 2 is 1.82 bits per heavy atom. The van der Waals surface area contributed by atoms with E-state index < -0.39 is 11.4 Å². The fraction of sp³-hybridized carbons (Fsp3) is 0.846. The minimum Gasteiger partial charge on any atom is -0.481 e. The van der Waals surface area contributed by atoms with Crippen LogP contribution in [0.2, 0.25) is 0 Å². The molecule has 0 spiro atoms. The Morgan fingerprint density at radius 1 is 1.29 bits per heavy atom. The number of hydrogen-bond donors (Lipinski definition) is 1. The lowest BCUT2D eigenvalue weighted by molar-refractivity contribution is -0.154. The molecule has 4 heteroatoms. The van der Waals surface area contributed by atoms with E-state index in [0.29, 0.717) is 18.8 Å². The Balaban J connectivity index is 2.58. The maximum atomic E-state index is 12.0. The van der Waals surface area contributed by atoms with Crippen molar-refractivity contribution in [3.05, 3.63) is 0 Å². The van der Waals surface area contributed by atoms with Crippen molar-refractivity contribution in [1.82, 2.24) is 4.90 Å². The molecule has 0 heterocycles. The second-order valence-electron chi connectivity index (χ2n) is 5.19. The van der Waals surface area contributed by atoms with E-state index in [2.05, 4.69) is 0 Å². The summed E-state index contributed by atoms with van der Waals surface area (Å²) in [7, 11) is 1.78. The van der Waals surface area contributed by atoms with Crippen LogP contribution in [0.5, 0.6) is 0 Å². The molecule has 1 aliphatic rings. The summed E-state index contributed by atoms with van der Waals surface area (Å²) in [5, 5.41) is 9.28. The summed E-state index contributed by atoms with van der Waals surface area (Å²) in [5.74, 6) is -0.245. The van der Waals surface area contributed by atoms with Gasteiger partial charge in [-0.2, -0.15) is 0 Å². The van der Waals surface area contributed by atoms with Crippen LogP contribution in [0.25, 0.3) is 0 Å². The number of nitrogens with zero attached hydrogens (tertiary/aromatic N) is 1. The van der Waals surface area contributed by atoms with Crippen molar-refractivity contribution in [3.63, 3.8) is 0 Å². The average molecular weight is 241 g/mol. The van der Waals surface area contributed by atoms with Crippen LogP contribution >= 0.6 is 0 Å². The van der Waals surface area contributed by atoms with Crippen LogP contribution in [0.4, 0.5) is 0 Å². The third-order valence-corrected chi connectivity index (χ3v) is 3.95. The van der Waals surface area contributed by atoms with Crippen molar-refractivity contribution in [3.8, 4) is 0 Å². The third-order valence-electron chi connectivity index (χ3n) is 3.95. The molecule has 1 fully saturated rings. The van der Waals surface area contributed by atoms with Gasteiger partial charge in [0.25, 0.3) is 0 Å². The van der Waals surface area contributed by atoms with Crippen LogP contribution in [0, 0.1) is 11.3 Å².